The maximum absolute atomic E-state index is 2.37. The molecule has 4 aliphatic rings. The zero-order valence-electron chi connectivity index (χ0n) is 34.6. The highest BCUT2D eigenvalue weighted by Gasteiger charge is 2.15. The van der Waals surface area contributed by atoms with Crippen molar-refractivity contribution in [3.8, 4) is 0 Å². The molecule has 6 rings (SSSR count). The number of rotatable bonds is 0. The van der Waals surface area contributed by atoms with Crippen LogP contribution in [0.2, 0.25) is 0 Å². The van der Waals surface area contributed by atoms with Crippen molar-refractivity contribution in [1.29, 1.82) is 0 Å². The van der Waals surface area contributed by atoms with Gasteiger partial charge in [0.15, 0.2) is 0 Å². The summed E-state index contributed by atoms with van der Waals surface area (Å²) in [4.78, 5) is 0. The molecule has 2 aromatic carbocycles. The first-order valence-electron chi connectivity index (χ1n) is 20.8. The summed E-state index contributed by atoms with van der Waals surface area (Å²) in [6, 6.07) is 17.0. The van der Waals surface area contributed by atoms with Crippen molar-refractivity contribution in [3.05, 3.63) is 70.8 Å². The average molecular weight is 761 g/mol. The number of benzene rings is 2. The molecule has 0 heteroatoms. The molecule has 0 spiro atoms. The number of aryl methyl sites for hydroxylation is 4. The van der Waals surface area contributed by atoms with Gasteiger partial charge in [-0.25, -0.2) is 0 Å². The minimum absolute atomic E-state index is 0. The van der Waals surface area contributed by atoms with Crippen LogP contribution in [0.15, 0.2) is 48.5 Å². The summed E-state index contributed by atoms with van der Waals surface area (Å²) < 4.78 is 0. The minimum Gasteiger partial charge on any atom is -0.0776 e. The maximum atomic E-state index is 2.37. The van der Waals surface area contributed by atoms with Crippen molar-refractivity contribution in [2.24, 2.45) is 47.3 Å². The van der Waals surface area contributed by atoms with Crippen molar-refractivity contribution in [2.75, 3.05) is 0 Å². The van der Waals surface area contributed by atoms with Crippen molar-refractivity contribution >= 4 is 0 Å². The van der Waals surface area contributed by atoms with E-state index in [1.54, 1.807) is 0 Å². The van der Waals surface area contributed by atoms with E-state index in [4.69, 9.17) is 0 Å². The van der Waals surface area contributed by atoms with Crippen LogP contribution in [0.5, 0.6) is 0 Å². The van der Waals surface area contributed by atoms with Crippen LogP contribution in [0.25, 0.3) is 0 Å². The lowest BCUT2D eigenvalue weighted by molar-refractivity contribution is 0.308. The Morgan fingerprint density at radius 2 is 0.315 bits per heavy atom. The molecule has 0 radical (unpaired) electrons. The molecule has 0 amide bonds. The molecule has 4 aliphatic carbocycles. The summed E-state index contributed by atoms with van der Waals surface area (Å²) >= 11 is 0. The van der Waals surface area contributed by atoms with Gasteiger partial charge in [0, 0.05) is 2.85 Å². The Morgan fingerprint density at radius 3 is 0.389 bits per heavy atom. The quantitative estimate of drug-likeness (QED) is 0.251. The largest absolute Gasteiger partial charge is 0.0776 e. The minimum atomic E-state index is 0. The van der Waals surface area contributed by atoms with Crippen LogP contribution in [0.4, 0.5) is 0 Å². The highest BCUT2D eigenvalue weighted by molar-refractivity contribution is 5.20. The lowest BCUT2D eigenvalue weighted by atomic mass is 9.84. The fourth-order valence-electron chi connectivity index (χ4n) is 6.98. The molecule has 0 saturated heterocycles. The molecule has 0 nitrogen and oxygen atoms in total. The Balaban J connectivity index is -0.0000000800. The summed E-state index contributed by atoms with van der Waals surface area (Å²) in [7, 11) is 0. The summed E-state index contributed by atoms with van der Waals surface area (Å²) in [5.41, 5.74) is 5.32. The molecule has 0 bridgehead atoms. The Hall–Kier alpha value is -1.56. The van der Waals surface area contributed by atoms with E-state index < -0.39 is 0 Å². The zero-order valence-corrected chi connectivity index (χ0v) is 34.6. The Bertz CT molecular complexity index is 774. The molecule has 2 aromatic rings. The highest BCUT2D eigenvalue weighted by Crippen LogP contribution is 2.29. The molecule has 4 saturated carbocycles. The predicted molar refractivity (Wildman–Crippen MR) is 264 cm³/mol. The second-order valence-electron chi connectivity index (χ2n) is 17.8. The van der Waals surface area contributed by atoms with E-state index in [9.17, 15) is 0 Å². The SMILES string of the molecule is C.C.C.C.C.C.CC1CCC(C)CC1.CC1CCC(C)CC1.CC1CCC(C)CC1.CC1CCC(C)CC1.Cc1ccc(C)cc1.Cc1ccc(C)cc1.[HH].[HH]. The molecule has 0 heterocycles. The predicted octanol–water partition coefficient (Wildman–Crippen LogP) is 20.2. The van der Waals surface area contributed by atoms with Gasteiger partial charge in [-0.1, -0.05) is 273 Å². The van der Waals surface area contributed by atoms with E-state index in [0.717, 1.165) is 47.3 Å². The van der Waals surface area contributed by atoms with Gasteiger partial charge in [0.2, 0.25) is 0 Å². The van der Waals surface area contributed by atoms with E-state index in [0.29, 0.717) is 0 Å². The Kier molecular flexibility index (Phi) is 45.7. The molecule has 0 unspecified atom stereocenters. The normalized spacial score (nSPS) is 26.3. The zero-order chi connectivity index (χ0) is 35.9. The standard InChI is InChI=1S/4C8H16.2C8H10.6CH4.2H2/c6*1-7-3-5-8(2)6-4-7;;;;;;;;/h4*7-8H,3-6H2,1-2H3;2*3-6H,1-2H3;6*1H4;2*1H. The highest BCUT2D eigenvalue weighted by atomic mass is 14.2. The van der Waals surface area contributed by atoms with Crippen molar-refractivity contribution in [1.82, 2.24) is 0 Å². The molecule has 4 fully saturated rings. The van der Waals surface area contributed by atoms with Crippen LogP contribution < -0.4 is 0 Å². The first kappa shape index (κ1) is 64.3. The molecule has 54 heavy (non-hydrogen) atoms. The van der Waals surface area contributed by atoms with Crippen LogP contribution in [-0.2, 0) is 0 Å². The third-order valence-electron chi connectivity index (χ3n) is 11.7. The van der Waals surface area contributed by atoms with Crippen molar-refractivity contribution in [3.63, 3.8) is 0 Å². The summed E-state index contributed by atoms with van der Waals surface area (Å²) in [6.07, 6.45) is 23.6. The number of hydrogen-bond acceptors (Lipinski definition) is 0. The molecule has 328 valence electrons. The Morgan fingerprint density at radius 1 is 0.241 bits per heavy atom. The van der Waals surface area contributed by atoms with Crippen molar-refractivity contribution < 1.29 is 2.85 Å². The molecular formula is C54H112. The van der Waals surface area contributed by atoms with Gasteiger partial charge in [0.05, 0.1) is 0 Å². The second-order valence-corrected chi connectivity index (χ2v) is 17.8. The fourth-order valence-corrected chi connectivity index (χ4v) is 6.98. The van der Waals surface area contributed by atoms with Gasteiger partial charge >= 0.3 is 0 Å². The van der Waals surface area contributed by atoms with Gasteiger partial charge in [-0.05, 0) is 75.0 Å². The van der Waals surface area contributed by atoms with Crippen LogP contribution in [0.1, 0.15) is 228 Å². The number of hydrogen-bond donors (Lipinski definition) is 0. The van der Waals surface area contributed by atoms with Gasteiger partial charge in [0.1, 0.15) is 0 Å². The van der Waals surface area contributed by atoms with Crippen LogP contribution in [0.3, 0.4) is 0 Å². The monoisotopic (exact) mass is 761 g/mol. The lowest BCUT2D eigenvalue weighted by Crippen LogP contribution is -2.08. The van der Waals surface area contributed by atoms with E-state index in [-0.39, 0.29) is 47.4 Å². The third-order valence-corrected chi connectivity index (χ3v) is 11.7. The molecule has 0 atom stereocenters. The average Bonchev–Trinajstić information content (AvgIpc) is 3.07. The first-order chi connectivity index (χ1) is 22.7. The summed E-state index contributed by atoms with van der Waals surface area (Å²) in [5, 5.41) is 0. The first-order valence-corrected chi connectivity index (χ1v) is 20.8. The van der Waals surface area contributed by atoms with E-state index in [1.807, 2.05) is 0 Å². The van der Waals surface area contributed by atoms with Gasteiger partial charge in [-0.3, -0.25) is 0 Å². The molecule has 0 N–H and O–H groups in total. The van der Waals surface area contributed by atoms with Crippen LogP contribution >= 0.6 is 0 Å². The van der Waals surface area contributed by atoms with Gasteiger partial charge in [0.25, 0.3) is 0 Å². The summed E-state index contributed by atoms with van der Waals surface area (Å²) in [6.45, 7) is 27.3. The maximum Gasteiger partial charge on any atom is 0 e. The van der Waals surface area contributed by atoms with Gasteiger partial charge in [-0.15, -0.1) is 0 Å². The van der Waals surface area contributed by atoms with Crippen LogP contribution in [-0.4, -0.2) is 0 Å². The van der Waals surface area contributed by atoms with E-state index in [1.165, 1.54) is 125 Å². The lowest BCUT2D eigenvalue weighted by Gasteiger charge is -2.22. The molecule has 0 aromatic heterocycles. The fraction of sp³-hybridized carbons (Fsp3) is 0.778. The molecule has 0 aliphatic heterocycles. The van der Waals surface area contributed by atoms with E-state index >= 15 is 0 Å². The van der Waals surface area contributed by atoms with Gasteiger partial charge in [-0.2, -0.15) is 0 Å². The summed E-state index contributed by atoms with van der Waals surface area (Å²) in [5.74, 6) is 8.16. The second kappa shape index (κ2) is 38.3. The molecular weight excluding hydrogens is 649 g/mol. The van der Waals surface area contributed by atoms with Crippen LogP contribution in [0, 0.1) is 75.0 Å². The smallest absolute Gasteiger partial charge is 0 e. The topological polar surface area (TPSA) is 0 Å². The third kappa shape index (κ3) is 36.1. The Labute approximate surface area is 350 Å². The van der Waals surface area contributed by atoms with E-state index in [2.05, 4.69) is 132 Å². The van der Waals surface area contributed by atoms with Gasteiger partial charge < -0.3 is 0 Å². The van der Waals surface area contributed by atoms with Crippen molar-refractivity contribution in [2.45, 2.75) is 230 Å².